The van der Waals surface area contributed by atoms with Crippen LogP contribution in [0.4, 0.5) is 0 Å². The molecule has 0 radical (unpaired) electrons. The third kappa shape index (κ3) is 8.61. The second-order valence-corrected chi connectivity index (χ2v) is 10.3. The summed E-state index contributed by atoms with van der Waals surface area (Å²) in [5.74, 6) is 0. The lowest BCUT2D eigenvalue weighted by Crippen LogP contribution is -2.42. The second-order valence-electron chi connectivity index (χ2n) is 10.3. The summed E-state index contributed by atoms with van der Waals surface area (Å²) in [6.07, 6.45) is 14.1. The van der Waals surface area contributed by atoms with Crippen LogP contribution in [0, 0.1) is 0 Å². The Morgan fingerprint density at radius 3 is 1.97 bits per heavy atom. The van der Waals surface area contributed by atoms with Crippen LogP contribution in [0.15, 0.2) is 30.3 Å². The summed E-state index contributed by atoms with van der Waals surface area (Å²) >= 11 is 0. The van der Waals surface area contributed by atoms with Gasteiger partial charge in [-0.15, -0.1) is 12.4 Å². The van der Waals surface area contributed by atoms with Gasteiger partial charge in [0.15, 0.2) is 0 Å². The molecule has 0 amide bonds. The van der Waals surface area contributed by atoms with Crippen molar-refractivity contribution in [2.75, 3.05) is 52.4 Å². The molecule has 5 heteroatoms. The van der Waals surface area contributed by atoms with E-state index >= 15 is 0 Å². The first kappa shape index (κ1) is 26.0. The van der Waals surface area contributed by atoms with Crippen molar-refractivity contribution in [3.8, 4) is 0 Å². The number of nitrogens with zero attached hydrogens (tertiary/aromatic N) is 3. The zero-order chi connectivity index (χ0) is 21.1. The summed E-state index contributed by atoms with van der Waals surface area (Å²) in [5.41, 5.74) is 1.47. The predicted octanol–water partition coefficient (Wildman–Crippen LogP) is 4.78. The van der Waals surface area contributed by atoms with Crippen LogP contribution in [-0.2, 0) is 6.54 Å². The van der Waals surface area contributed by atoms with Gasteiger partial charge < -0.3 is 15.1 Å². The van der Waals surface area contributed by atoms with E-state index in [2.05, 4.69) is 50.3 Å². The average molecular weight is 463 g/mol. The van der Waals surface area contributed by atoms with Gasteiger partial charge in [0.2, 0.25) is 0 Å². The van der Waals surface area contributed by atoms with Crippen LogP contribution in [0.1, 0.15) is 69.8 Å². The fourth-order valence-electron chi connectivity index (χ4n) is 5.93. The molecule has 0 unspecified atom stereocenters. The first-order valence-corrected chi connectivity index (χ1v) is 13.3. The first-order chi connectivity index (χ1) is 15.4. The second kappa shape index (κ2) is 14.6. The molecule has 0 saturated carbocycles. The first-order valence-electron chi connectivity index (χ1n) is 13.3. The van der Waals surface area contributed by atoms with Crippen LogP contribution in [0.2, 0.25) is 0 Å². The van der Waals surface area contributed by atoms with Crippen LogP contribution < -0.4 is 5.32 Å². The molecule has 4 saturated heterocycles. The molecule has 2 atom stereocenters. The molecule has 4 nitrogen and oxygen atoms in total. The van der Waals surface area contributed by atoms with Crippen molar-refractivity contribution in [2.24, 2.45) is 0 Å². The van der Waals surface area contributed by atoms with Gasteiger partial charge in [-0.2, -0.15) is 0 Å². The third-order valence-electron chi connectivity index (χ3n) is 7.73. The molecular formula is C27H47ClN4. The van der Waals surface area contributed by atoms with Crippen molar-refractivity contribution in [3.63, 3.8) is 0 Å². The molecule has 0 aliphatic carbocycles. The summed E-state index contributed by atoms with van der Waals surface area (Å²) < 4.78 is 0. The van der Waals surface area contributed by atoms with Gasteiger partial charge in [-0.3, -0.25) is 4.90 Å². The molecule has 1 aromatic carbocycles. The minimum absolute atomic E-state index is 0. The highest BCUT2D eigenvalue weighted by molar-refractivity contribution is 5.85. The van der Waals surface area contributed by atoms with Gasteiger partial charge in [0.1, 0.15) is 0 Å². The lowest BCUT2D eigenvalue weighted by molar-refractivity contribution is 0.149. The Morgan fingerprint density at radius 1 is 0.688 bits per heavy atom. The molecule has 0 spiro atoms. The van der Waals surface area contributed by atoms with Crippen LogP contribution in [0.25, 0.3) is 0 Å². The van der Waals surface area contributed by atoms with E-state index in [1.54, 1.807) is 0 Å². The Kier molecular flexibility index (Phi) is 11.8. The summed E-state index contributed by atoms with van der Waals surface area (Å²) in [5, 5.41) is 3.56. The molecule has 4 fully saturated rings. The highest BCUT2D eigenvalue weighted by Crippen LogP contribution is 2.22. The maximum Gasteiger partial charge on any atom is 0.0237 e. The number of halogens is 1. The Bertz CT molecular complexity index is 595. The van der Waals surface area contributed by atoms with Gasteiger partial charge in [0, 0.05) is 31.7 Å². The molecule has 182 valence electrons. The summed E-state index contributed by atoms with van der Waals surface area (Å²) in [6, 6.07) is 12.5. The third-order valence-corrected chi connectivity index (χ3v) is 7.73. The smallest absolute Gasteiger partial charge is 0.0237 e. The van der Waals surface area contributed by atoms with E-state index in [1.165, 1.54) is 122 Å². The van der Waals surface area contributed by atoms with Gasteiger partial charge in [-0.1, -0.05) is 43.2 Å². The van der Waals surface area contributed by atoms with Crippen molar-refractivity contribution in [2.45, 2.75) is 82.8 Å². The van der Waals surface area contributed by atoms with Crippen molar-refractivity contribution in [1.82, 2.24) is 20.0 Å². The zero-order valence-corrected chi connectivity index (χ0v) is 21.0. The molecule has 1 N–H and O–H groups in total. The van der Waals surface area contributed by atoms with Crippen LogP contribution in [0.3, 0.4) is 0 Å². The zero-order valence-electron chi connectivity index (χ0n) is 20.2. The van der Waals surface area contributed by atoms with E-state index in [1.807, 2.05) is 0 Å². The van der Waals surface area contributed by atoms with Crippen molar-refractivity contribution < 1.29 is 0 Å². The van der Waals surface area contributed by atoms with E-state index in [0.717, 1.165) is 18.6 Å². The minimum Gasteiger partial charge on any atom is -0.313 e. The van der Waals surface area contributed by atoms with Gasteiger partial charge in [0.25, 0.3) is 0 Å². The maximum atomic E-state index is 3.56. The van der Waals surface area contributed by atoms with Crippen molar-refractivity contribution in [1.29, 1.82) is 0 Å². The lowest BCUT2D eigenvalue weighted by atomic mass is 10.1. The number of piperidine rings is 2. The van der Waals surface area contributed by atoms with Crippen molar-refractivity contribution >= 4 is 12.4 Å². The molecule has 32 heavy (non-hydrogen) atoms. The number of likely N-dealkylation sites (tertiary alicyclic amines) is 3. The molecule has 5 rings (SSSR count). The predicted molar refractivity (Wildman–Crippen MR) is 139 cm³/mol. The minimum atomic E-state index is 0. The molecule has 1 aromatic rings. The maximum absolute atomic E-state index is 3.56. The molecule has 0 bridgehead atoms. The molecule has 4 aliphatic heterocycles. The van der Waals surface area contributed by atoms with Gasteiger partial charge in [-0.05, 0) is 96.2 Å². The Hall–Kier alpha value is -0.650. The molecule has 0 aromatic heterocycles. The highest BCUT2D eigenvalue weighted by atomic mass is 35.5. The van der Waals surface area contributed by atoms with Crippen LogP contribution >= 0.6 is 12.4 Å². The van der Waals surface area contributed by atoms with Crippen LogP contribution in [0.5, 0.6) is 0 Å². The standard InChI is InChI=1S/C17H26N2.C10H20N2.ClH/c1-3-8-16(9-4-1)14-19-13-7-10-17(19)15-18-11-5-2-6-12-18;1-2-7-12(8-3-1)9-10-5-4-6-11-10;/h1,3-4,8-9,17H,2,5-7,10-15H2;10-11H,1-9H2;1H/t17-;10-;/m00./s1. The highest BCUT2D eigenvalue weighted by Gasteiger charge is 2.26. The van der Waals surface area contributed by atoms with Gasteiger partial charge in [0.05, 0.1) is 0 Å². The van der Waals surface area contributed by atoms with Crippen molar-refractivity contribution in [3.05, 3.63) is 35.9 Å². The van der Waals surface area contributed by atoms with E-state index in [-0.39, 0.29) is 12.4 Å². The summed E-state index contributed by atoms with van der Waals surface area (Å²) in [7, 11) is 0. The lowest BCUT2D eigenvalue weighted by Gasteiger charge is -2.33. The Morgan fingerprint density at radius 2 is 1.34 bits per heavy atom. The normalized spacial score (nSPS) is 27.5. The Labute approximate surface area is 203 Å². The van der Waals surface area contributed by atoms with Crippen LogP contribution in [-0.4, -0.2) is 79.1 Å². The largest absolute Gasteiger partial charge is 0.313 e. The SMILES string of the molecule is C1CCN(C[C@@H]2CCCN2)CC1.Cl.c1ccc(CN2CCC[C@H]2CN2CCCCC2)cc1. The van der Waals surface area contributed by atoms with Gasteiger partial charge in [-0.25, -0.2) is 0 Å². The van der Waals surface area contributed by atoms with E-state index in [0.29, 0.717) is 0 Å². The Balaban J connectivity index is 0.000000193. The number of hydrogen-bond donors (Lipinski definition) is 1. The number of hydrogen-bond acceptors (Lipinski definition) is 4. The number of nitrogens with one attached hydrogen (secondary N) is 1. The molecule has 4 aliphatic rings. The quantitative estimate of drug-likeness (QED) is 0.656. The van der Waals surface area contributed by atoms with E-state index in [9.17, 15) is 0 Å². The summed E-state index contributed by atoms with van der Waals surface area (Å²) in [6.45, 7) is 11.6. The summed E-state index contributed by atoms with van der Waals surface area (Å²) in [4.78, 5) is 8.02. The number of rotatable bonds is 6. The number of benzene rings is 1. The fourth-order valence-corrected chi connectivity index (χ4v) is 5.93. The van der Waals surface area contributed by atoms with Gasteiger partial charge >= 0.3 is 0 Å². The monoisotopic (exact) mass is 462 g/mol. The van der Waals surface area contributed by atoms with E-state index < -0.39 is 0 Å². The van der Waals surface area contributed by atoms with E-state index in [4.69, 9.17) is 0 Å². The topological polar surface area (TPSA) is 21.8 Å². The molecular weight excluding hydrogens is 416 g/mol. The average Bonchev–Trinajstić information content (AvgIpc) is 3.49. The fraction of sp³-hybridized carbons (Fsp3) is 0.778. The molecule has 4 heterocycles.